The van der Waals surface area contributed by atoms with E-state index in [0.29, 0.717) is 21.2 Å². The van der Waals surface area contributed by atoms with Crippen LogP contribution < -0.4 is 10.1 Å². The lowest BCUT2D eigenvalue weighted by Crippen LogP contribution is -2.49. The van der Waals surface area contributed by atoms with Crippen LogP contribution in [0.1, 0.15) is 31.1 Å². The number of aliphatic hydroxyl groups is 1. The van der Waals surface area contributed by atoms with E-state index in [-0.39, 0.29) is 17.4 Å². The Morgan fingerprint density at radius 2 is 2.19 bits per heavy atom. The molecule has 2 aromatic rings. The Hall–Kier alpha value is -1.94. The number of halogens is 2. The maximum absolute atomic E-state index is 14.3. The quantitative estimate of drug-likeness (QED) is 0.579. The second-order valence-electron chi connectivity index (χ2n) is 6.57. The molecule has 2 heterocycles. The second kappa shape index (κ2) is 6.99. The van der Waals surface area contributed by atoms with Gasteiger partial charge in [0, 0.05) is 21.0 Å². The van der Waals surface area contributed by atoms with Crippen molar-refractivity contribution in [2.45, 2.75) is 32.1 Å². The summed E-state index contributed by atoms with van der Waals surface area (Å²) in [6.45, 7) is 4.00. The summed E-state index contributed by atoms with van der Waals surface area (Å²) < 4.78 is 20.3. The highest BCUT2D eigenvalue weighted by Crippen LogP contribution is 2.46. The van der Waals surface area contributed by atoms with Crippen LogP contribution in [0.2, 0.25) is 0 Å². The molecule has 3 N–H and O–H groups in total. The van der Waals surface area contributed by atoms with Gasteiger partial charge in [-0.25, -0.2) is 9.18 Å². The average Bonchev–Trinajstić information content (AvgIpc) is 2.84. The average molecular weight is 472 g/mol. The first-order chi connectivity index (χ1) is 12.2. The van der Waals surface area contributed by atoms with E-state index < -0.39 is 23.6 Å². The number of hydrogen-bond donors (Lipinski definition) is 3. The van der Waals surface area contributed by atoms with Gasteiger partial charge in [-0.2, -0.15) is 0 Å². The number of aliphatic carboxylic acids is 1. The Balaban J connectivity index is 2.10. The van der Waals surface area contributed by atoms with Crippen molar-refractivity contribution in [3.63, 3.8) is 0 Å². The zero-order valence-corrected chi connectivity index (χ0v) is 16.3. The zero-order valence-electron chi connectivity index (χ0n) is 14.2. The number of pyridine rings is 1. The molecule has 26 heavy (non-hydrogen) atoms. The Bertz CT molecular complexity index is 861. The number of ether oxygens (including phenoxy) is 1. The molecule has 2 atom stereocenters. The van der Waals surface area contributed by atoms with Gasteiger partial charge in [0.1, 0.15) is 17.6 Å². The monoisotopic (exact) mass is 472 g/mol. The van der Waals surface area contributed by atoms with Crippen LogP contribution in [0.15, 0.2) is 30.5 Å². The van der Waals surface area contributed by atoms with Gasteiger partial charge >= 0.3 is 11.8 Å². The van der Waals surface area contributed by atoms with Crippen LogP contribution in [-0.4, -0.2) is 27.0 Å². The van der Waals surface area contributed by atoms with E-state index in [1.165, 1.54) is 24.4 Å². The molecule has 6 nitrogen and oxygen atoms in total. The molecular formula is C18H18FIN2O4. The molecule has 0 amide bonds. The van der Waals surface area contributed by atoms with Crippen molar-refractivity contribution in [3.8, 4) is 5.75 Å². The van der Waals surface area contributed by atoms with Crippen molar-refractivity contribution >= 4 is 34.2 Å². The van der Waals surface area contributed by atoms with Gasteiger partial charge in [0.15, 0.2) is 0 Å². The van der Waals surface area contributed by atoms with Crippen LogP contribution in [0.3, 0.4) is 0 Å². The standard InChI is InChI=1S/C18H18FIN2O4/c1-9(2)7-13-15-14(5-6-21-13)26-18(25,17(23)24)16(15)22-12-4-3-10(20)8-11(12)19/h3-6,8-9,16,22,25H,7H2,1-2H3,(H,23,24). The first-order valence-corrected chi connectivity index (χ1v) is 9.14. The van der Waals surface area contributed by atoms with E-state index in [0.717, 1.165) is 0 Å². The van der Waals surface area contributed by atoms with E-state index >= 15 is 0 Å². The fourth-order valence-corrected chi connectivity index (χ4v) is 3.42. The number of hydrogen-bond acceptors (Lipinski definition) is 5. The largest absolute Gasteiger partial charge is 0.476 e. The number of aromatic nitrogens is 1. The summed E-state index contributed by atoms with van der Waals surface area (Å²) in [6, 6.07) is 4.79. The molecule has 1 aliphatic heterocycles. The SMILES string of the molecule is CC(C)Cc1nccc2c1C(Nc1ccc(I)cc1F)C(O)(C(=O)O)O2. The first-order valence-electron chi connectivity index (χ1n) is 8.06. The number of fused-ring (bicyclic) bond motifs is 1. The number of carboxylic acid groups (broad SMARTS) is 1. The Kier molecular flexibility index (Phi) is 5.07. The Labute approximate surface area is 163 Å². The molecule has 0 radical (unpaired) electrons. The lowest BCUT2D eigenvalue weighted by molar-refractivity contribution is -0.193. The van der Waals surface area contributed by atoms with Gasteiger partial charge < -0.3 is 20.3 Å². The zero-order chi connectivity index (χ0) is 19.1. The van der Waals surface area contributed by atoms with Crippen LogP contribution >= 0.6 is 22.6 Å². The number of nitrogens with one attached hydrogen (secondary N) is 1. The minimum Gasteiger partial charge on any atom is -0.476 e. The number of nitrogens with zero attached hydrogens (tertiary/aromatic N) is 1. The van der Waals surface area contributed by atoms with Crippen LogP contribution in [0, 0.1) is 15.3 Å². The Morgan fingerprint density at radius 1 is 1.46 bits per heavy atom. The van der Waals surface area contributed by atoms with Gasteiger partial charge in [0.25, 0.3) is 0 Å². The maximum atomic E-state index is 14.3. The second-order valence-corrected chi connectivity index (χ2v) is 7.82. The van der Waals surface area contributed by atoms with E-state index in [9.17, 15) is 19.4 Å². The lowest BCUT2D eigenvalue weighted by atomic mass is 9.94. The molecular weight excluding hydrogens is 454 g/mol. The fraction of sp³-hybridized carbons (Fsp3) is 0.333. The van der Waals surface area contributed by atoms with Crippen molar-refractivity contribution in [1.29, 1.82) is 0 Å². The predicted molar refractivity (Wildman–Crippen MR) is 101 cm³/mol. The van der Waals surface area contributed by atoms with Gasteiger partial charge in [0.05, 0.1) is 5.69 Å². The first kappa shape index (κ1) is 18.8. The van der Waals surface area contributed by atoms with Crippen molar-refractivity contribution in [2.75, 3.05) is 5.32 Å². The van der Waals surface area contributed by atoms with Gasteiger partial charge in [0.2, 0.25) is 0 Å². The van der Waals surface area contributed by atoms with Gasteiger partial charge in [-0.05, 0) is 59.2 Å². The van der Waals surface area contributed by atoms with E-state index in [4.69, 9.17) is 4.74 Å². The van der Waals surface area contributed by atoms with Gasteiger partial charge in [-0.1, -0.05) is 13.8 Å². The molecule has 2 unspecified atom stereocenters. The summed E-state index contributed by atoms with van der Waals surface area (Å²) in [5, 5.41) is 23.0. The number of rotatable bonds is 5. The van der Waals surface area contributed by atoms with Crippen molar-refractivity contribution in [1.82, 2.24) is 4.98 Å². The molecule has 0 saturated carbocycles. The molecule has 3 rings (SSSR count). The molecule has 0 saturated heterocycles. The van der Waals surface area contributed by atoms with E-state index in [2.05, 4.69) is 10.3 Å². The third-order valence-corrected chi connectivity index (χ3v) is 4.79. The van der Waals surface area contributed by atoms with Crippen LogP contribution in [-0.2, 0) is 11.2 Å². The smallest absolute Gasteiger partial charge is 0.379 e. The lowest BCUT2D eigenvalue weighted by Gasteiger charge is -2.26. The van der Waals surface area contributed by atoms with E-state index in [1.807, 2.05) is 36.4 Å². The highest BCUT2D eigenvalue weighted by Gasteiger charge is 2.55. The maximum Gasteiger partial charge on any atom is 0.379 e. The molecule has 1 aliphatic rings. The molecule has 0 aliphatic carbocycles. The normalized spacial score (nSPS) is 21.4. The molecule has 1 aromatic carbocycles. The summed E-state index contributed by atoms with van der Waals surface area (Å²) >= 11 is 1.98. The van der Waals surface area contributed by atoms with Crippen molar-refractivity contribution < 1.29 is 24.1 Å². The highest BCUT2D eigenvalue weighted by atomic mass is 127. The molecule has 0 spiro atoms. The summed E-state index contributed by atoms with van der Waals surface area (Å²) in [7, 11) is 0. The number of carbonyl (C=O) groups is 1. The molecule has 8 heteroatoms. The van der Waals surface area contributed by atoms with Crippen LogP contribution in [0.5, 0.6) is 5.75 Å². The number of carboxylic acids is 1. The molecule has 0 bridgehead atoms. The summed E-state index contributed by atoms with van der Waals surface area (Å²) in [4.78, 5) is 16.1. The Morgan fingerprint density at radius 3 is 2.81 bits per heavy atom. The topological polar surface area (TPSA) is 91.7 Å². The fourth-order valence-electron chi connectivity index (χ4n) is 2.97. The number of benzene rings is 1. The van der Waals surface area contributed by atoms with Crippen LogP contribution in [0.25, 0.3) is 0 Å². The summed E-state index contributed by atoms with van der Waals surface area (Å²) in [5.74, 6) is -4.20. The van der Waals surface area contributed by atoms with Gasteiger partial charge in [-0.15, -0.1) is 0 Å². The highest BCUT2D eigenvalue weighted by molar-refractivity contribution is 14.1. The number of anilines is 1. The predicted octanol–water partition coefficient (Wildman–Crippen LogP) is 3.34. The third-order valence-electron chi connectivity index (χ3n) is 4.12. The van der Waals surface area contributed by atoms with E-state index in [1.54, 1.807) is 6.07 Å². The minimum atomic E-state index is -2.56. The molecule has 1 aromatic heterocycles. The molecule has 0 fully saturated rings. The van der Waals surface area contributed by atoms with Crippen LogP contribution in [0.4, 0.5) is 10.1 Å². The third kappa shape index (κ3) is 3.35. The van der Waals surface area contributed by atoms with Gasteiger partial charge in [-0.3, -0.25) is 4.98 Å². The summed E-state index contributed by atoms with van der Waals surface area (Å²) in [5.41, 5.74) is 1.12. The van der Waals surface area contributed by atoms with Crippen molar-refractivity contribution in [3.05, 3.63) is 51.1 Å². The molecule has 138 valence electrons. The summed E-state index contributed by atoms with van der Waals surface area (Å²) in [6.07, 6.45) is 2.07. The van der Waals surface area contributed by atoms with Crippen molar-refractivity contribution in [2.24, 2.45) is 5.92 Å². The minimum absolute atomic E-state index is 0.0749.